The molecule has 15 heavy (non-hydrogen) atoms. The topological polar surface area (TPSA) is 48.1 Å². The molecular formula is C9H11F3N2O. The number of nitrogens with zero attached hydrogens (tertiary/aromatic N) is 1. The molecule has 0 atom stereocenters. The quantitative estimate of drug-likeness (QED) is 0.792. The van der Waals surface area contributed by atoms with E-state index < -0.39 is 12.6 Å². The normalized spacial score (nSPS) is 11.4. The summed E-state index contributed by atoms with van der Waals surface area (Å²) >= 11 is 0. The van der Waals surface area contributed by atoms with E-state index in [9.17, 15) is 13.2 Å². The van der Waals surface area contributed by atoms with E-state index in [1.165, 1.54) is 6.20 Å². The molecule has 3 nitrogen and oxygen atoms in total. The van der Waals surface area contributed by atoms with E-state index in [-0.39, 0.29) is 18.8 Å². The van der Waals surface area contributed by atoms with E-state index in [0.717, 1.165) is 0 Å². The number of halogens is 3. The molecule has 1 rings (SSSR count). The zero-order chi connectivity index (χ0) is 11.3. The standard InChI is InChI=1S/C9H11F3N2O/c10-9(11,12)4-2-6-15-7-3-1-5-14-8(7)13/h1,3,5H,2,4,6H2,(H2,13,14). The Bertz CT molecular complexity index is 314. The van der Waals surface area contributed by atoms with Crippen LogP contribution >= 0.6 is 0 Å². The molecule has 0 aliphatic carbocycles. The molecule has 0 fully saturated rings. The number of hydrogen-bond acceptors (Lipinski definition) is 3. The second-order valence-electron chi connectivity index (χ2n) is 2.95. The Morgan fingerprint density at radius 2 is 2.13 bits per heavy atom. The SMILES string of the molecule is Nc1ncccc1OCCCC(F)(F)F. The smallest absolute Gasteiger partial charge is 0.389 e. The van der Waals surface area contributed by atoms with Gasteiger partial charge in [-0.2, -0.15) is 13.2 Å². The average Bonchev–Trinajstić information content (AvgIpc) is 2.13. The minimum atomic E-state index is -4.14. The Balaban J connectivity index is 2.30. The Labute approximate surface area is 85.1 Å². The van der Waals surface area contributed by atoms with Crippen LogP contribution in [-0.4, -0.2) is 17.8 Å². The third kappa shape index (κ3) is 4.53. The summed E-state index contributed by atoms with van der Waals surface area (Å²) in [4.78, 5) is 3.74. The number of hydrogen-bond donors (Lipinski definition) is 1. The van der Waals surface area contributed by atoms with Gasteiger partial charge in [-0.1, -0.05) is 0 Å². The Hall–Kier alpha value is -1.46. The molecule has 84 valence electrons. The first-order valence-electron chi connectivity index (χ1n) is 4.39. The van der Waals surface area contributed by atoms with Gasteiger partial charge in [0.25, 0.3) is 0 Å². The minimum absolute atomic E-state index is 0.0184. The van der Waals surface area contributed by atoms with Crippen LogP contribution in [0.3, 0.4) is 0 Å². The van der Waals surface area contributed by atoms with Gasteiger partial charge in [-0.05, 0) is 18.6 Å². The summed E-state index contributed by atoms with van der Waals surface area (Å²) in [5, 5.41) is 0. The van der Waals surface area contributed by atoms with Crippen molar-refractivity contribution in [3.8, 4) is 5.75 Å². The van der Waals surface area contributed by atoms with Gasteiger partial charge in [-0.25, -0.2) is 4.98 Å². The fraction of sp³-hybridized carbons (Fsp3) is 0.444. The van der Waals surface area contributed by atoms with Gasteiger partial charge in [0.2, 0.25) is 0 Å². The van der Waals surface area contributed by atoms with Gasteiger partial charge in [0.15, 0.2) is 11.6 Å². The molecule has 0 spiro atoms. The van der Waals surface area contributed by atoms with Crippen molar-refractivity contribution in [1.82, 2.24) is 4.98 Å². The first kappa shape index (κ1) is 11.6. The molecular weight excluding hydrogens is 209 g/mol. The summed E-state index contributed by atoms with van der Waals surface area (Å²) in [6.07, 6.45) is -3.59. The summed E-state index contributed by atoms with van der Waals surface area (Å²) in [7, 11) is 0. The average molecular weight is 220 g/mol. The number of ether oxygens (including phenoxy) is 1. The van der Waals surface area contributed by atoms with Crippen LogP contribution in [0.15, 0.2) is 18.3 Å². The molecule has 1 heterocycles. The summed E-state index contributed by atoms with van der Waals surface area (Å²) < 4.78 is 40.3. The van der Waals surface area contributed by atoms with Crippen molar-refractivity contribution in [1.29, 1.82) is 0 Å². The summed E-state index contributed by atoms with van der Waals surface area (Å²) in [5.74, 6) is 0.504. The van der Waals surface area contributed by atoms with E-state index in [4.69, 9.17) is 10.5 Å². The van der Waals surface area contributed by atoms with Crippen molar-refractivity contribution in [3.63, 3.8) is 0 Å². The van der Waals surface area contributed by atoms with Crippen LogP contribution in [0.25, 0.3) is 0 Å². The number of aromatic nitrogens is 1. The second kappa shape index (κ2) is 4.86. The highest BCUT2D eigenvalue weighted by Crippen LogP contribution is 2.22. The van der Waals surface area contributed by atoms with Crippen LogP contribution in [0.1, 0.15) is 12.8 Å². The first-order valence-corrected chi connectivity index (χ1v) is 4.39. The molecule has 1 aromatic rings. The summed E-state index contributed by atoms with van der Waals surface area (Å²) in [6.45, 7) is -0.0184. The van der Waals surface area contributed by atoms with Crippen molar-refractivity contribution in [2.24, 2.45) is 0 Å². The molecule has 0 saturated heterocycles. The predicted molar refractivity (Wildman–Crippen MR) is 49.4 cm³/mol. The van der Waals surface area contributed by atoms with Gasteiger partial charge in [0, 0.05) is 12.6 Å². The zero-order valence-electron chi connectivity index (χ0n) is 7.92. The van der Waals surface area contributed by atoms with Crippen molar-refractivity contribution >= 4 is 5.82 Å². The van der Waals surface area contributed by atoms with Crippen molar-refractivity contribution < 1.29 is 17.9 Å². The lowest BCUT2D eigenvalue weighted by Gasteiger charge is -2.08. The van der Waals surface area contributed by atoms with Gasteiger partial charge >= 0.3 is 6.18 Å². The predicted octanol–water partition coefficient (Wildman–Crippen LogP) is 2.39. The minimum Gasteiger partial charge on any atom is -0.490 e. The molecule has 0 aromatic carbocycles. The molecule has 0 aliphatic heterocycles. The maximum Gasteiger partial charge on any atom is 0.389 e. The van der Waals surface area contributed by atoms with Crippen molar-refractivity contribution in [3.05, 3.63) is 18.3 Å². The van der Waals surface area contributed by atoms with E-state index in [2.05, 4.69) is 4.98 Å². The summed E-state index contributed by atoms with van der Waals surface area (Å²) in [6, 6.07) is 3.17. The monoisotopic (exact) mass is 220 g/mol. The maximum atomic E-state index is 11.8. The van der Waals surface area contributed by atoms with E-state index in [0.29, 0.717) is 5.75 Å². The van der Waals surface area contributed by atoms with Crippen LogP contribution in [0.2, 0.25) is 0 Å². The van der Waals surface area contributed by atoms with Gasteiger partial charge in [-0.15, -0.1) is 0 Å². The largest absolute Gasteiger partial charge is 0.490 e. The molecule has 0 aliphatic rings. The lowest BCUT2D eigenvalue weighted by Crippen LogP contribution is -2.10. The van der Waals surface area contributed by atoms with Gasteiger partial charge in [-0.3, -0.25) is 0 Å². The number of alkyl halides is 3. The summed E-state index contributed by atoms with van der Waals surface area (Å²) in [5.41, 5.74) is 5.43. The van der Waals surface area contributed by atoms with Crippen LogP contribution in [0.4, 0.5) is 19.0 Å². The third-order valence-corrected chi connectivity index (χ3v) is 1.66. The Morgan fingerprint density at radius 1 is 1.40 bits per heavy atom. The fourth-order valence-corrected chi connectivity index (χ4v) is 0.980. The Morgan fingerprint density at radius 3 is 2.73 bits per heavy atom. The molecule has 0 saturated carbocycles. The lowest BCUT2D eigenvalue weighted by atomic mass is 10.3. The molecule has 6 heteroatoms. The molecule has 0 radical (unpaired) electrons. The van der Waals surface area contributed by atoms with E-state index >= 15 is 0 Å². The van der Waals surface area contributed by atoms with Gasteiger partial charge < -0.3 is 10.5 Å². The molecule has 1 aromatic heterocycles. The zero-order valence-corrected chi connectivity index (χ0v) is 7.92. The highest BCUT2D eigenvalue weighted by molar-refractivity contribution is 5.44. The van der Waals surface area contributed by atoms with E-state index in [1.807, 2.05) is 0 Å². The molecule has 2 N–H and O–H groups in total. The highest BCUT2D eigenvalue weighted by atomic mass is 19.4. The molecule has 0 bridgehead atoms. The van der Waals surface area contributed by atoms with Crippen molar-refractivity contribution in [2.75, 3.05) is 12.3 Å². The first-order chi connectivity index (χ1) is 6.99. The van der Waals surface area contributed by atoms with Crippen LogP contribution in [-0.2, 0) is 0 Å². The fourth-order valence-electron chi connectivity index (χ4n) is 0.980. The van der Waals surface area contributed by atoms with Crippen LogP contribution in [0.5, 0.6) is 5.75 Å². The van der Waals surface area contributed by atoms with Crippen molar-refractivity contribution in [2.45, 2.75) is 19.0 Å². The maximum absolute atomic E-state index is 11.8. The lowest BCUT2D eigenvalue weighted by molar-refractivity contribution is -0.136. The third-order valence-electron chi connectivity index (χ3n) is 1.66. The number of nitrogen functional groups attached to an aromatic ring is 1. The highest BCUT2D eigenvalue weighted by Gasteiger charge is 2.26. The number of nitrogens with two attached hydrogens (primary N) is 1. The number of anilines is 1. The second-order valence-corrected chi connectivity index (χ2v) is 2.95. The molecule has 0 amide bonds. The van der Waals surface area contributed by atoms with Crippen LogP contribution < -0.4 is 10.5 Å². The van der Waals surface area contributed by atoms with Gasteiger partial charge in [0.1, 0.15) is 0 Å². The number of rotatable bonds is 4. The molecule has 0 unspecified atom stereocenters. The Kier molecular flexibility index (Phi) is 3.76. The van der Waals surface area contributed by atoms with Gasteiger partial charge in [0.05, 0.1) is 6.61 Å². The van der Waals surface area contributed by atoms with Crippen LogP contribution in [0, 0.1) is 0 Å². The van der Waals surface area contributed by atoms with E-state index in [1.54, 1.807) is 12.1 Å². The number of pyridine rings is 1.